The maximum absolute atomic E-state index is 8.43. The smallest absolute Gasteiger partial charge is 0.236 e. The molecule has 90 valence electrons. The van der Waals surface area contributed by atoms with Crippen LogP contribution >= 0.6 is 11.6 Å². The molecule has 0 saturated heterocycles. The fourth-order valence-electron chi connectivity index (χ4n) is 1.44. The largest absolute Gasteiger partial charge is 0.495 e. The first-order chi connectivity index (χ1) is 8.74. The number of anilines is 1. The third-order valence-electron chi connectivity index (χ3n) is 2.30. The Balaban J connectivity index is 2.31. The molecule has 1 aromatic heterocycles. The molecule has 18 heavy (non-hydrogen) atoms. The zero-order valence-corrected chi connectivity index (χ0v) is 10.3. The lowest BCUT2D eigenvalue weighted by Gasteiger charge is -2.06. The number of nitrogens with one attached hydrogen (secondary N) is 1. The number of nitriles is 1. The first-order valence-corrected chi connectivity index (χ1v) is 5.43. The van der Waals surface area contributed by atoms with E-state index < -0.39 is 0 Å². The summed E-state index contributed by atoms with van der Waals surface area (Å²) in [4.78, 5) is 8.00. The Kier molecular flexibility index (Phi) is 3.60. The second-order valence-corrected chi connectivity index (χ2v) is 3.79. The first kappa shape index (κ1) is 12.1. The zero-order chi connectivity index (χ0) is 13.0. The molecule has 0 atom stereocenters. The molecule has 6 heteroatoms. The van der Waals surface area contributed by atoms with Crippen molar-refractivity contribution in [3.63, 3.8) is 0 Å². The number of hydrogen-bond donors (Lipinski definition) is 1. The summed E-state index contributed by atoms with van der Waals surface area (Å²) in [5.41, 5.74) is 1.69. The van der Waals surface area contributed by atoms with Crippen LogP contribution in [0.15, 0.2) is 30.6 Å². The summed E-state index contributed by atoms with van der Waals surface area (Å²) in [7, 11) is 1.56. The van der Waals surface area contributed by atoms with Crippen molar-refractivity contribution in [3.8, 4) is 23.1 Å². The molecule has 1 aromatic carbocycles. The molecule has 0 bridgehead atoms. The van der Waals surface area contributed by atoms with Gasteiger partial charge in [0.25, 0.3) is 0 Å². The van der Waals surface area contributed by atoms with Crippen LogP contribution in [-0.2, 0) is 0 Å². The number of benzene rings is 1. The predicted molar refractivity (Wildman–Crippen MR) is 68.3 cm³/mol. The van der Waals surface area contributed by atoms with Crippen LogP contribution in [0, 0.1) is 11.5 Å². The van der Waals surface area contributed by atoms with Crippen LogP contribution in [-0.4, -0.2) is 17.1 Å². The van der Waals surface area contributed by atoms with Gasteiger partial charge < -0.3 is 4.74 Å². The fourth-order valence-corrected chi connectivity index (χ4v) is 1.70. The minimum absolute atomic E-state index is 0.265. The SMILES string of the molecule is COc1ccc(-c2cnc(NC#N)nc2)cc1Cl. The molecule has 1 heterocycles. The van der Waals surface area contributed by atoms with Crippen LogP contribution in [0.1, 0.15) is 0 Å². The quantitative estimate of drug-likeness (QED) is 0.679. The minimum Gasteiger partial charge on any atom is -0.495 e. The van der Waals surface area contributed by atoms with Gasteiger partial charge in [0.1, 0.15) is 5.75 Å². The molecule has 0 fully saturated rings. The second-order valence-electron chi connectivity index (χ2n) is 3.38. The van der Waals surface area contributed by atoms with E-state index >= 15 is 0 Å². The average molecular weight is 261 g/mol. The average Bonchev–Trinajstić information content (AvgIpc) is 2.40. The van der Waals surface area contributed by atoms with Gasteiger partial charge in [0.2, 0.25) is 5.95 Å². The van der Waals surface area contributed by atoms with Crippen LogP contribution in [0.4, 0.5) is 5.95 Å². The Hall–Kier alpha value is -2.32. The van der Waals surface area contributed by atoms with Crippen LogP contribution < -0.4 is 10.1 Å². The van der Waals surface area contributed by atoms with Crippen molar-refractivity contribution in [1.29, 1.82) is 5.26 Å². The van der Waals surface area contributed by atoms with Crippen LogP contribution in [0.25, 0.3) is 11.1 Å². The highest BCUT2D eigenvalue weighted by Crippen LogP contribution is 2.29. The summed E-state index contributed by atoms with van der Waals surface area (Å²) in [5, 5.41) is 11.3. The summed E-state index contributed by atoms with van der Waals surface area (Å²) < 4.78 is 5.08. The number of ether oxygens (including phenoxy) is 1. The summed E-state index contributed by atoms with van der Waals surface area (Å²) in [6.07, 6.45) is 4.99. The third-order valence-corrected chi connectivity index (χ3v) is 2.60. The molecule has 0 amide bonds. The van der Waals surface area contributed by atoms with Gasteiger partial charge >= 0.3 is 0 Å². The molecule has 1 N–H and O–H groups in total. The Labute approximate surface area is 109 Å². The fraction of sp³-hybridized carbons (Fsp3) is 0.0833. The van der Waals surface area contributed by atoms with Crippen molar-refractivity contribution in [3.05, 3.63) is 35.6 Å². The lowest BCUT2D eigenvalue weighted by atomic mass is 10.1. The standard InChI is InChI=1S/C12H9ClN4O/c1-18-11-3-2-8(4-10(11)13)9-5-15-12(16-6-9)17-7-14/h2-6H,1H3,(H,15,16,17). The van der Waals surface area contributed by atoms with Crippen molar-refractivity contribution < 1.29 is 4.74 Å². The molecule has 0 aliphatic heterocycles. The number of hydrogen-bond acceptors (Lipinski definition) is 5. The lowest BCUT2D eigenvalue weighted by Crippen LogP contribution is -1.95. The Bertz CT molecular complexity index is 592. The number of halogens is 1. The maximum Gasteiger partial charge on any atom is 0.236 e. The van der Waals surface area contributed by atoms with Gasteiger partial charge in [-0.3, -0.25) is 5.32 Å². The minimum atomic E-state index is 0.265. The van der Waals surface area contributed by atoms with Gasteiger partial charge in [-0.2, -0.15) is 5.26 Å². The molecule has 0 radical (unpaired) electrons. The normalized spacial score (nSPS) is 9.61. The van der Waals surface area contributed by atoms with Gasteiger partial charge in [0.05, 0.1) is 12.1 Å². The monoisotopic (exact) mass is 260 g/mol. The summed E-state index contributed by atoms with van der Waals surface area (Å²) in [6.45, 7) is 0. The molecule has 2 aromatic rings. The van der Waals surface area contributed by atoms with Gasteiger partial charge in [-0.15, -0.1) is 0 Å². The number of nitrogens with zero attached hydrogens (tertiary/aromatic N) is 3. The lowest BCUT2D eigenvalue weighted by molar-refractivity contribution is 0.415. The van der Waals surface area contributed by atoms with Gasteiger partial charge in [0.15, 0.2) is 6.19 Å². The van der Waals surface area contributed by atoms with E-state index in [1.807, 2.05) is 6.07 Å². The highest BCUT2D eigenvalue weighted by atomic mass is 35.5. The first-order valence-electron chi connectivity index (χ1n) is 5.05. The van der Waals surface area contributed by atoms with E-state index in [9.17, 15) is 0 Å². The predicted octanol–water partition coefficient (Wildman–Crippen LogP) is 2.70. The van der Waals surface area contributed by atoms with Crippen molar-refractivity contribution in [2.75, 3.05) is 12.4 Å². The molecule has 2 rings (SSSR count). The summed E-state index contributed by atoms with van der Waals surface area (Å²) in [5.74, 6) is 0.880. The molecule has 0 unspecified atom stereocenters. The number of rotatable bonds is 3. The highest BCUT2D eigenvalue weighted by Gasteiger charge is 2.05. The van der Waals surface area contributed by atoms with E-state index in [2.05, 4.69) is 15.3 Å². The van der Waals surface area contributed by atoms with Crippen molar-refractivity contribution >= 4 is 17.5 Å². The molecular weight excluding hydrogens is 252 g/mol. The Morgan fingerprint density at radius 3 is 2.56 bits per heavy atom. The molecule has 0 aliphatic carbocycles. The van der Waals surface area contributed by atoms with E-state index in [0.29, 0.717) is 10.8 Å². The second kappa shape index (κ2) is 5.34. The third kappa shape index (κ3) is 2.50. The van der Waals surface area contributed by atoms with Crippen LogP contribution in [0.3, 0.4) is 0 Å². The van der Waals surface area contributed by atoms with E-state index in [1.165, 1.54) is 0 Å². The van der Waals surface area contributed by atoms with Crippen LogP contribution in [0.2, 0.25) is 5.02 Å². The summed E-state index contributed by atoms with van der Waals surface area (Å²) >= 11 is 6.04. The molecule has 0 spiro atoms. The zero-order valence-electron chi connectivity index (χ0n) is 9.51. The van der Waals surface area contributed by atoms with E-state index in [4.69, 9.17) is 21.6 Å². The maximum atomic E-state index is 8.43. The highest BCUT2D eigenvalue weighted by molar-refractivity contribution is 6.32. The Morgan fingerprint density at radius 2 is 2.00 bits per heavy atom. The van der Waals surface area contributed by atoms with Gasteiger partial charge in [-0.1, -0.05) is 17.7 Å². The topological polar surface area (TPSA) is 70.8 Å². The van der Waals surface area contributed by atoms with E-state index in [1.54, 1.807) is 37.8 Å². The van der Waals surface area contributed by atoms with Crippen molar-refractivity contribution in [2.24, 2.45) is 0 Å². The van der Waals surface area contributed by atoms with E-state index in [-0.39, 0.29) is 5.95 Å². The van der Waals surface area contributed by atoms with Gasteiger partial charge in [0, 0.05) is 18.0 Å². The van der Waals surface area contributed by atoms with Gasteiger partial charge in [-0.25, -0.2) is 9.97 Å². The molecular formula is C12H9ClN4O. The van der Waals surface area contributed by atoms with Crippen molar-refractivity contribution in [2.45, 2.75) is 0 Å². The van der Waals surface area contributed by atoms with Gasteiger partial charge in [-0.05, 0) is 17.7 Å². The Morgan fingerprint density at radius 1 is 1.28 bits per heavy atom. The molecule has 5 nitrogen and oxygen atoms in total. The summed E-state index contributed by atoms with van der Waals surface area (Å²) in [6, 6.07) is 5.41. The van der Waals surface area contributed by atoms with Crippen LogP contribution in [0.5, 0.6) is 5.75 Å². The van der Waals surface area contributed by atoms with E-state index in [0.717, 1.165) is 11.1 Å². The number of methoxy groups -OCH3 is 1. The van der Waals surface area contributed by atoms with Crippen molar-refractivity contribution in [1.82, 2.24) is 9.97 Å². The molecule has 0 aliphatic rings. The molecule has 0 saturated carbocycles. The number of aromatic nitrogens is 2.